The van der Waals surface area contributed by atoms with Crippen LogP contribution >= 0.6 is 0 Å². The van der Waals surface area contributed by atoms with E-state index in [0.29, 0.717) is 11.1 Å². The lowest BCUT2D eigenvalue weighted by Gasteiger charge is -2.59. The largest absolute Gasteiger partial charge is 0.391 e. The van der Waals surface area contributed by atoms with Crippen LogP contribution in [0, 0.1) is 17.2 Å². The predicted octanol–water partition coefficient (Wildman–Crippen LogP) is 0.685. The first-order valence-electron chi connectivity index (χ1n) is 14.0. The van der Waals surface area contributed by atoms with Gasteiger partial charge in [0, 0.05) is 23.3 Å². The van der Waals surface area contributed by atoms with E-state index in [2.05, 4.69) is 4.99 Å². The number of amides is 1. The van der Waals surface area contributed by atoms with Gasteiger partial charge in [0.25, 0.3) is 11.7 Å². The standard InChI is InChI=1S/C31H35N3O9/c1-17-14-30(39,16-32)31(40)29(41-17)42-27-25(37)22(18(2)33-28(38)20-12-8-5-9-13-20)24(36)23(26(27)43-31)34(3)15-21(35)19-10-6-4-7-11-19/h4-13,17,22-27,29,36-37,39-40H,14-15H2,1-3H3/t17-,22-,23+,24?,25+,26?,27?,29?,30-,31-/m1/s1. The molecule has 0 radical (unpaired) electrons. The highest BCUT2D eigenvalue weighted by atomic mass is 16.8. The molecule has 228 valence electrons. The third-order valence-electron chi connectivity index (χ3n) is 8.49. The van der Waals surface area contributed by atoms with Gasteiger partial charge >= 0.3 is 0 Å². The van der Waals surface area contributed by atoms with E-state index in [1.54, 1.807) is 80.7 Å². The number of ketones is 1. The van der Waals surface area contributed by atoms with Crippen LogP contribution in [-0.2, 0) is 14.2 Å². The molecule has 2 aromatic carbocycles. The van der Waals surface area contributed by atoms with Crippen LogP contribution in [0.15, 0.2) is 65.7 Å². The molecular formula is C31H35N3O9. The fourth-order valence-corrected chi connectivity index (χ4v) is 6.29. The van der Waals surface area contributed by atoms with Crippen LogP contribution < -0.4 is 0 Å². The second-order valence-electron chi connectivity index (χ2n) is 11.5. The number of nitrogens with zero attached hydrogens (tertiary/aromatic N) is 3. The first-order chi connectivity index (χ1) is 20.4. The van der Waals surface area contributed by atoms with Crippen molar-refractivity contribution in [1.82, 2.24) is 4.90 Å². The summed E-state index contributed by atoms with van der Waals surface area (Å²) in [6.07, 6.45) is -8.36. The Morgan fingerprint density at radius 3 is 2.21 bits per heavy atom. The average Bonchev–Trinajstić information content (AvgIpc) is 2.98. The molecule has 0 bridgehead atoms. The lowest BCUT2D eigenvalue weighted by Crippen LogP contribution is -2.79. The molecule has 3 fully saturated rings. The SMILES string of the molecule is CC(=NC(=O)c1ccccc1)[C@@H]1C(O)[C@H](N(C)CC(=O)c2ccccc2)C2O[C@]3(O)C(OC2[C@H]1O)O[C@H](C)C[C@@]3(O)C#N. The third kappa shape index (κ3) is 5.55. The van der Waals surface area contributed by atoms with Crippen LogP contribution in [0.25, 0.3) is 0 Å². The number of fused-ring (bicyclic) bond motifs is 2. The number of carbonyl (C=O) groups excluding carboxylic acids is 2. The number of nitriles is 1. The maximum Gasteiger partial charge on any atom is 0.276 e. The Morgan fingerprint density at radius 2 is 1.60 bits per heavy atom. The summed E-state index contributed by atoms with van der Waals surface area (Å²) in [5.41, 5.74) is -1.61. The lowest BCUT2D eigenvalue weighted by atomic mass is 9.72. The Labute approximate surface area is 248 Å². The number of hydrogen-bond acceptors (Lipinski definition) is 11. The topological polar surface area (TPSA) is 182 Å². The molecule has 1 aliphatic carbocycles. The molecule has 12 heteroatoms. The highest BCUT2D eigenvalue weighted by Crippen LogP contribution is 2.47. The van der Waals surface area contributed by atoms with E-state index in [-0.39, 0.29) is 24.5 Å². The predicted molar refractivity (Wildman–Crippen MR) is 151 cm³/mol. The van der Waals surface area contributed by atoms with Gasteiger partial charge in [-0.25, -0.2) is 4.99 Å². The minimum Gasteiger partial charge on any atom is -0.391 e. The van der Waals surface area contributed by atoms with E-state index >= 15 is 0 Å². The van der Waals surface area contributed by atoms with Crippen molar-refractivity contribution >= 4 is 17.4 Å². The molecule has 2 aliphatic heterocycles. The first-order valence-corrected chi connectivity index (χ1v) is 14.0. The fourth-order valence-electron chi connectivity index (χ4n) is 6.29. The number of ether oxygens (including phenoxy) is 3. The molecule has 0 spiro atoms. The van der Waals surface area contributed by atoms with Gasteiger partial charge < -0.3 is 34.6 Å². The van der Waals surface area contributed by atoms with E-state index in [0.717, 1.165) is 0 Å². The van der Waals surface area contributed by atoms with Gasteiger partial charge in [0.2, 0.25) is 11.9 Å². The second kappa shape index (κ2) is 12.0. The van der Waals surface area contributed by atoms with E-state index < -0.39 is 66.1 Å². The molecule has 3 aliphatic rings. The van der Waals surface area contributed by atoms with Gasteiger partial charge in [-0.2, -0.15) is 5.26 Å². The number of Topliss-reactive ketones (excluding diaryl/α,β-unsaturated/α-hetero) is 1. The number of carbonyl (C=O) groups is 2. The van der Waals surface area contributed by atoms with Gasteiger partial charge in [-0.3, -0.25) is 14.5 Å². The fraction of sp³-hybridized carbons (Fsp3) is 0.484. The van der Waals surface area contributed by atoms with Crippen LogP contribution in [0.3, 0.4) is 0 Å². The van der Waals surface area contributed by atoms with Crippen molar-refractivity contribution < 1.29 is 44.2 Å². The summed E-state index contributed by atoms with van der Waals surface area (Å²) in [4.78, 5) is 31.7. The number of aliphatic imine (C=N–C) groups is 1. The number of rotatable bonds is 6. The highest BCUT2D eigenvalue weighted by Gasteiger charge is 2.69. The molecule has 2 aromatic rings. The van der Waals surface area contributed by atoms with Crippen molar-refractivity contribution in [2.75, 3.05) is 13.6 Å². The molecule has 10 atom stereocenters. The van der Waals surface area contributed by atoms with Gasteiger partial charge in [-0.05, 0) is 33.0 Å². The zero-order chi connectivity index (χ0) is 31.1. The molecule has 2 saturated heterocycles. The van der Waals surface area contributed by atoms with E-state index in [1.807, 2.05) is 0 Å². The first kappa shape index (κ1) is 31.1. The van der Waals surface area contributed by atoms with Gasteiger partial charge in [0.1, 0.15) is 18.3 Å². The quantitative estimate of drug-likeness (QED) is 0.210. The van der Waals surface area contributed by atoms with Crippen LogP contribution in [0.1, 0.15) is 41.0 Å². The van der Waals surface area contributed by atoms with Gasteiger partial charge in [0.05, 0.1) is 36.8 Å². The van der Waals surface area contributed by atoms with E-state index in [9.17, 15) is 35.3 Å². The normalized spacial score (nSPS) is 37.6. The van der Waals surface area contributed by atoms with Crippen LogP contribution in [-0.4, -0.2) is 111 Å². The third-order valence-corrected chi connectivity index (χ3v) is 8.49. The average molecular weight is 594 g/mol. The number of likely N-dealkylation sites (N-methyl/N-ethyl adjacent to an activating group) is 1. The van der Waals surface area contributed by atoms with Gasteiger partial charge in [-0.15, -0.1) is 0 Å². The molecule has 0 aromatic heterocycles. The molecule has 2 heterocycles. The summed E-state index contributed by atoms with van der Waals surface area (Å²) in [6.45, 7) is 2.87. The number of aliphatic hydroxyl groups is 4. The van der Waals surface area contributed by atoms with Crippen LogP contribution in [0.2, 0.25) is 0 Å². The lowest BCUT2D eigenvalue weighted by molar-refractivity contribution is -0.477. The summed E-state index contributed by atoms with van der Waals surface area (Å²) in [5.74, 6) is -4.71. The smallest absolute Gasteiger partial charge is 0.276 e. The Hall–Kier alpha value is -3.38. The summed E-state index contributed by atoms with van der Waals surface area (Å²) < 4.78 is 17.8. The maximum absolute atomic E-state index is 13.2. The minimum absolute atomic E-state index is 0.107. The molecule has 12 nitrogen and oxygen atoms in total. The Kier molecular flexibility index (Phi) is 8.63. The van der Waals surface area contributed by atoms with E-state index in [4.69, 9.17) is 14.2 Å². The van der Waals surface area contributed by atoms with Gasteiger partial charge in [0.15, 0.2) is 5.78 Å². The molecule has 4 unspecified atom stereocenters. The van der Waals surface area contributed by atoms with Crippen molar-refractivity contribution in [2.45, 2.75) is 74.5 Å². The number of hydrogen-bond donors (Lipinski definition) is 4. The highest BCUT2D eigenvalue weighted by molar-refractivity contribution is 6.04. The molecular weight excluding hydrogens is 558 g/mol. The molecule has 1 saturated carbocycles. The van der Waals surface area contributed by atoms with Crippen LogP contribution in [0.4, 0.5) is 0 Å². The molecule has 1 amide bonds. The zero-order valence-electron chi connectivity index (χ0n) is 24.0. The Morgan fingerprint density at radius 1 is 1.00 bits per heavy atom. The Bertz CT molecular complexity index is 1420. The summed E-state index contributed by atoms with van der Waals surface area (Å²) >= 11 is 0. The van der Waals surface area contributed by atoms with E-state index in [1.165, 1.54) is 11.8 Å². The van der Waals surface area contributed by atoms with Crippen molar-refractivity contribution in [3.8, 4) is 6.07 Å². The van der Waals surface area contributed by atoms with Crippen molar-refractivity contribution in [2.24, 2.45) is 10.9 Å². The van der Waals surface area contributed by atoms with Crippen molar-refractivity contribution in [3.63, 3.8) is 0 Å². The molecule has 43 heavy (non-hydrogen) atoms. The van der Waals surface area contributed by atoms with Crippen molar-refractivity contribution in [1.29, 1.82) is 5.26 Å². The zero-order valence-corrected chi connectivity index (χ0v) is 24.0. The summed E-state index contributed by atoms with van der Waals surface area (Å²) in [6, 6.07) is 17.4. The number of aliphatic hydroxyl groups excluding tert-OH is 2. The second-order valence-corrected chi connectivity index (χ2v) is 11.5. The van der Waals surface area contributed by atoms with Crippen LogP contribution in [0.5, 0.6) is 0 Å². The summed E-state index contributed by atoms with van der Waals surface area (Å²) in [5, 5.41) is 55.9. The number of benzene rings is 2. The summed E-state index contributed by atoms with van der Waals surface area (Å²) in [7, 11) is 1.55. The monoisotopic (exact) mass is 593 g/mol. The molecule has 5 rings (SSSR count). The Balaban J connectivity index is 1.53. The van der Waals surface area contributed by atoms with Crippen molar-refractivity contribution in [3.05, 3.63) is 71.8 Å². The maximum atomic E-state index is 13.2. The van der Waals surface area contributed by atoms with Gasteiger partial charge in [-0.1, -0.05) is 48.5 Å². The minimum atomic E-state index is -2.68. The molecule has 4 N–H and O–H groups in total.